The lowest BCUT2D eigenvalue weighted by Gasteiger charge is -2.21. The van der Waals surface area contributed by atoms with Crippen LogP contribution in [0.25, 0.3) is 0 Å². The van der Waals surface area contributed by atoms with Crippen LogP contribution in [0.2, 0.25) is 0 Å². The molecule has 1 saturated carbocycles. The Morgan fingerprint density at radius 1 is 1.29 bits per heavy atom. The Balaban J connectivity index is 1.37. The molecule has 1 aromatic rings. The zero-order valence-corrected chi connectivity index (χ0v) is 12.0. The maximum absolute atomic E-state index is 12.8. The molecule has 1 aliphatic carbocycles. The van der Waals surface area contributed by atoms with E-state index in [2.05, 4.69) is 5.32 Å². The first-order valence-corrected chi connectivity index (χ1v) is 7.64. The molecule has 3 unspecified atom stereocenters. The monoisotopic (exact) mass is 295 g/mol. The van der Waals surface area contributed by atoms with Gasteiger partial charge in [-0.15, -0.1) is 0 Å². The number of benzene rings is 1. The smallest absolute Gasteiger partial charge is 0.123 e. The first-order chi connectivity index (χ1) is 10.2. The molecule has 21 heavy (non-hydrogen) atoms. The van der Waals surface area contributed by atoms with Crippen molar-refractivity contribution in [2.75, 3.05) is 19.8 Å². The zero-order valence-electron chi connectivity index (χ0n) is 12.0. The van der Waals surface area contributed by atoms with Gasteiger partial charge in [-0.05, 0) is 49.4 Å². The molecule has 0 radical (unpaired) electrons. The summed E-state index contributed by atoms with van der Waals surface area (Å²) in [7, 11) is 0. The summed E-state index contributed by atoms with van der Waals surface area (Å²) in [5.41, 5.74) is 0. The maximum Gasteiger partial charge on any atom is 0.123 e. The molecule has 0 bridgehead atoms. The lowest BCUT2D eigenvalue weighted by atomic mass is 10.1. The molecule has 2 fully saturated rings. The lowest BCUT2D eigenvalue weighted by Crippen LogP contribution is -2.42. The molecule has 2 N–H and O–H groups in total. The van der Waals surface area contributed by atoms with Gasteiger partial charge in [0, 0.05) is 19.2 Å². The minimum Gasteiger partial charge on any atom is -0.491 e. The van der Waals surface area contributed by atoms with E-state index < -0.39 is 6.10 Å². The van der Waals surface area contributed by atoms with Gasteiger partial charge in [0.2, 0.25) is 0 Å². The van der Waals surface area contributed by atoms with E-state index in [1.165, 1.54) is 25.0 Å². The van der Waals surface area contributed by atoms with Gasteiger partial charge >= 0.3 is 0 Å². The third-order valence-electron chi connectivity index (χ3n) is 4.09. The van der Waals surface area contributed by atoms with Crippen molar-refractivity contribution in [1.29, 1.82) is 0 Å². The summed E-state index contributed by atoms with van der Waals surface area (Å²) < 4.78 is 23.9. The number of rotatable bonds is 7. The summed E-state index contributed by atoms with van der Waals surface area (Å²) >= 11 is 0. The van der Waals surface area contributed by atoms with E-state index in [1.54, 1.807) is 12.1 Å². The van der Waals surface area contributed by atoms with Crippen molar-refractivity contribution < 1.29 is 19.0 Å². The Labute approximate surface area is 124 Å². The predicted octanol–water partition coefficient (Wildman–Crippen LogP) is 1.72. The van der Waals surface area contributed by atoms with Crippen LogP contribution in [0.5, 0.6) is 5.75 Å². The van der Waals surface area contributed by atoms with Crippen molar-refractivity contribution >= 4 is 0 Å². The highest BCUT2D eigenvalue weighted by Gasteiger charge is 2.40. The first-order valence-electron chi connectivity index (χ1n) is 7.64. The summed E-state index contributed by atoms with van der Waals surface area (Å²) in [5.74, 6) is 0.977. The van der Waals surface area contributed by atoms with E-state index in [0.29, 0.717) is 30.4 Å². The van der Waals surface area contributed by atoms with E-state index in [4.69, 9.17) is 9.47 Å². The molecular formula is C16H22FNO3. The van der Waals surface area contributed by atoms with Gasteiger partial charge in [0.05, 0.1) is 6.10 Å². The standard InChI is InChI=1S/C16H22FNO3/c17-12-3-5-14(6-4-12)21-10-13(19)9-18-15-7-8-20-16(15)11-1-2-11/h3-6,11,13,15-16,18-19H,1-2,7-10H2. The topological polar surface area (TPSA) is 50.7 Å². The molecule has 1 aromatic carbocycles. The van der Waals surface area contributed by atoms with Crippen molar-refractivity contribution in [3.8, 4) is 5.75 Å². The predicted molar refractivity (Wildman–Crippen MR) is 76.8 cm³/mol. The molecule has 3 atom stereocenters. The van der Waals surface area contributed by atoms with Crippen LogP contribution in [-0.4, -0.2) is 43.1 Å². The average molecular weight is 295 g/mol. The van der Waals surface area contributed by atoms with Crippen molar-refractivity contribution in [2.45, 2.75) is 37.5 Å². The quantitative estimate of drug-likeness (QED) is 0.804. The van der Waals surface area contributed by atoms with Gasteiger partial charge in [0.15, 0.2) is 0 Å². The summed E-state index contributed by atoms with van der Waals surface area (Å²) in [6.07, 6.45) is 3.26. The van der Waals surface area contributed by atoms with E-state index >= 15 is 0 Å². The Morgan fingerprint density at radius 2 is 2.05 bits per heavy atom. The van der Waals surface area contributed by atoms with Crippen LogP contribution in [0, 0.1) is 11.7 Å². The second kappa shape index (κ2) is 6.73. The van der Waals surface area contributed by atoms with E-state index in [9.17, 15) is 9.50 Å². The number of hydrogen-bond acceptors (Lipinski definition) is 4. The number of halogens is 1. The van der Waals surface area contributed by atoms with Gasteiger partial charge in [0.1, 0.15) is 24.3 Å². The Morgan fingerprint density at radius 3 is 2.76 bits per heavy atom. The lowest BCUT2D eigenvalue weighted by molar-refractivity contribution is 0.0706. The van der Waals surface area contributed by atoms with E-state index in [-0.39, 0.29) is 12.4 Å². The second-order valence-electron chi connectivity index (χ2n) is 5.90. The summed E-state index contributed by atoms with van der Waals surface area (Å²) in [5, 5.41) is 13.3. The molecule has 0 aromatic heterocycles. The molecule has 1 aliphatic heterocycles. The number of hydrogen-bond donors (Lipinski definition) is 2. The largest absolute Gasteiger partial charge is 0.491 e. The van der Waals surface area contributed by atoms with Crippen LogP contribution in [0.3, 0.4) is 0 Å². The molecule has 1 heterocycles. The fourth-order valence-corrected chi connectivity index (χ4v) is 2.79. The van der Waals surface area contributed by atoms with Crippen molar-refractivity contribution in [1.82, 2.24) is 5.32 Å². The summed E-state index contributed by atoms with van der Waals surface area (Å²) in [4.78, 5) is 0. The second-order valence-corrected chi connectivity index (χ2v) is 5.90. The number of aliphatic hydroxyl groups excluding tert-OH is 1. The molecule has 116 valence electrons. The van der Waals surface area contributed by atoms with Crippen LogP contribution in [-0.2, 0) is 4.74 Å². The highest BCUT2D eigenvalue weighted by molar-refractivity contribution is 5.22. The Kier molecular flexibility index (Phi) is 4.73. The fraction of sp³-hybridized carbons (Fsp3) is 0.625. The van der Waals surface area contributed by atoms with Crippen LogP contribution in [0.15, 0.2) is 24.3 Å². The van der Waals surface area contributed by atoms with Crippen LogP contribution in [0.4, 0.5) is 4.39 Å². The zero-order chi connectivity index (χ0) is 14.7. The van der Waals surface area contributed by atoms with Gasteiger partial charge in [-0.2, -0.15) is 0 Å². The SMILES string of the molecule is OC(CNC1CCOC1C1CC1)COc1ccc(F)cc1. The van der Waals surface area contributed by atoms with Crippen molar-refractivity contribution in [2.24, 2.45) is 5.92 Å². The molecular weight excluding hydrogens is 273 g/mol. The highest BCUT2D eigenvalue weighted by Crippen LogP contribution is 2.38. The summed E-state index contributed by atoms with van der Waals surface area (Å²) in [6, 6.07) is 6.15. The Hall–Kier alpha value is -1.17. The maximum atomic E-state index is 12.8. The van der Waals surface area contributed by atoms with Crippen LogP contribution < -0.4 is 10.1 Å². The average Bonchev–Trinajstić information content (AvgIpc) is 3.23. The molecule has 0 spiro atoms. The Bertz CT molecular complexity index is 449. The van der Waals surface area contributed by atoms with Gasteiger partial charge in [-0.25, -0.2) is 4.39 Å². The molecule has 1 saturated heterocycles. The summed E-state index contributed by atoms with van der Waals surface area (Å²) in [6.45, 7) is 1.49. The first kappa shape index (κ1) is 14.8. The van der Waals surface area contributed by atoms with Gasteiger partial charge in [-0.3, -0.25) is 0 Å². The highest BCUT2D eigenvalue weighted by atomic mass is 19.1. The van der Waals surface area contributed by atoms with Crippen molar-refractivity contribution in [3.05, 3.63) is 30.1 Å². The van der Waals surface area contributed by atoms with Crippen molar-refractivity contribution in [3.63, 3.8) is 0 Å². The number of aliphatic hydroxyl groups is 1. The minimum atomic E-state index is -0.587. The van der Waals surface area contributed by atoms with Crippen LogP contribution in [0.1, 0.15) is 19.3 Å². The van der Waals surface area contributed by atoms with Gasteiger partial charge < -0.3 is 19.9 Å². The van der Waals surface area contributed by atoms with Gasteiger partial charge in [-0.1, -0.05) is 0 Å². The molecule has 2 aliphatic rings. The molecule has 4 nitrogen and oxygen atoms in total. The van der Waals surface area contributed by atoms with Gasteiger partial charge in [0.25, 0.3) is 0 Å². The van der Waals surface area contributed by atoms with Crippen LogP contribution >= 0.6 is 0 Å². The third-order valence-corrected chi connectivity index (χ3v) is 4.09. The minimum absolute atomic E-state index is 0.195. The molecule has 3 rings (SSSR count). The van der Waals surface area contributed by atoms with E-state index in [0.717, 1.165) is 13.0 Å². The number of ether oxygens (including phenoxy) is 2. The normalized spacial score (nSPS) is 26.8. The molecule has 5 heteroatoms. The molecule has 0 amide bonds. The number of nitrogens with one attached hydrogen (secondary N) is 1. The van der Waals surface area contributed by atoms with E-state index in [1.807, 2.05) is 0 Å². The fourth-order valence-electron chi connectivity index (χ4n) is 2.79. The third kappa shape index (κ3) is 4.15.